The van der Waals surface area contributed by atoms with Gasteiger partial charge in [-0.25, -0.2) is 4.98 Å². The minimum absolute atomic E-state index is 0.174. The van der Waals surface area contributed by atoms with Gasteiger partial charge in [-0.15, -0.1) is 0 Å². The number of rotatable bonds is 2. The monoisotopic (exact) mass is 364 g/mol. The number of hydrogen-bond donors (Lipinski definition) is 1. The van der Waals surface area contributed by atoms with E-state index >= 15 is 0 Å². The predicted octanol–water partition coefficient (Wildman–Crippen LogP) is 5.41. The van der Waals surface area contributed by atoms with Crippen LogP contribution in [-0.2, 0) is 0 Å². The molecule has 0 fully saturated rings. The Morgan fingerprint density at radius 3 is 2.67 bits per heavy atom. The lowest BCUT2D eigenvalue weighted by Crippen LogP contribution is -2.03. The van der Waals surface area contributed by atoms with Crippen LogP contribution in [0.5, 0.6) is 5.75 Å². The van der Waals surface area contributed by atoms with E-state index in [9.17, 15) is 5.11 Å². The van der Waals surface area contributed by atoms with Gasteiger partial charge in [0.2, 0.25) is 0 Å². The van der Waals surface area contributed by atoms with Crippen LogP contribution in [0, 0.1) is 0 Å². The maximum Gasteiger partial charge on any atom is 0.145 e. The number of imidazole rings is 1. The highest BCUT2D eigenvalue weighted by Gasteiger charge is 2.19. The molecule has 0 radical (unpaired) electrons. The molecule has 1 aromatic heterocycles. The van der Waals surface area contributed by atoms with Crippen molar-refractivity contribution < 1.29 is 5.11 Å². The van der Waals surface area contributed by atoms with Crippen molar-refractivity contribution in [1.29, 1.82) is 0 Å². The summed E-state index contributed by atoms with van der Waals surface area (Å²) in [6, 6.07) is 11.3. The van der Waals surface area contributed by atoms with Gasteiger partial charge in [-0.2, -0.15) is 0 Å². The lowest BCUT2D eigenvalue weighted by Gasteiger charge is -2.14. The first-order chi connectivity index (χ1) is 9.99. The average Bonchev–Trinajstić information content (AvgIpc) is 2.79. The number of phenols is 1. The molecule has 0 unspecified atom stereocenters. The molecular formula is C16H14BrClN2O. The third kappa shape index (κ3) is 2.43. The summed E-state index contributed by atoms with van der Waals surface area (Å²) in [6.07, 6.45) is 0. The Hall–Kier alpha value is -1.52. The molecule has 0 bridgehead atoms. The number of nitrogens with zero attached hydrogens (tertiary/aromatic N) is 2. The standard InChI is InChI=1S/C16H14BrClN2O/c1-9(2)20-15-12(18)4-3-5-13(15)19-16(20)11-7-6-10(17)8-14(11)21/h3-9,21H,1-2H3. The zero-order chi connectivity index (χ0) is 15.1. The van der Waals surface area contributed by atoms with Crippen LogP contribution >= 0.6 is 27.5 Å². The van der Waals surface area contributed by atoms with Gasteiger partial charge in [0.1, 0.15) is 11.6 Å². The van der Waals surface area contributed by atoms with Crippen molar-refractivity contribution in [3.63, 3.8) is 0 Å². The lowest BCUT2D eigenvalue weighted by atomic mass is 10.2. The molecule has 3 rings (SSSR count). The first kappa shape index (κ1) is 14.4. The zero-order valence-electron chi connectivity index (χ0n) is 11.6. The fourth-order valence-corrected chi connectivity index (χ4v) is 3.10. The predicted molar refractivity (Wildman–Crippen MR) is 89.9 cm³/mol. The summed E-state index contributed by atoms with van der Waals surface area (Å²) in [5.74, 6) is 0.913. The molecule has 21 heavy (non-hydrogen) atoms. The Labute approximate surface area is 136 Å². The second-order valence-electron chi connectivity index (χ2n) is 5.17. The van der Waals surface area contributed by atoms with Crippen LogP contribution in [0.3, 0.4) is 0 Å². The van der Waals surface area contributed by atoms with Crippen molar-refractivity contribution in [1.82, 2.24) is 9.55 Å². The van der Waals surface area contributed by atoms with Gasteiger partial charge in [-0.3, -0.25) is 0 Å². The van der Waals surface area contributed by atoms with E-state index in [-0.39, 0.29) is 11.8 Å². The fraction of sp³-hybridized carbons (Fsp3) is 0.188. The lowest BCUT2D eigenvalue weighted by molar-refractivity contribution is 0.475. The van der Waals surface area contributed by atoms with Crippen molar-refractivity contribution in [2.75, 3.05) is 0 Å². The van der Waals surface area contributed by atoms with Crippen LogP contribution in [0.1, 0.15) is 19.9 Å². The Morgan fingerprint density at radius 2 is 2.00 bits per heavy atom. The smallest absolute Gasteiger partial charge is 0.145 e. The maximum absolute atomic E-state index is 10.2. The van der Waals surface area contributed by atoms with Gasteiger partial charge in [0.05, 0.1) is 21.6 Å². The Kier molecular flexibility index (Phi) is 3.68. The Bertz CT molecular complexity index is 827. The van der Waals surface area contributed by atoms with Crippen molar-refractivity contribution in [3.8, 4) is 17.1 Å². The zero-order valence-corrected chi connectivity index (χ0v) is 14.0. The molecule has 1 heterocycles. The summed E-state index contributed by atoms with van der Waals surface area (Å²) < 4.78 is 2.88. The molecular weight excluding hydrogens is 352 g/mol. The minimum Gasteiger partial charge on any atom is -0.507 e. The normalized spacial score (nSPS) is 11.5. The summed E-state index contributed by atoms with van der Waals surface area (Å²) in [7, 11) is 0. The van der Waals surface area contributed by atoms with E-state index in [4.69, 9.17) is 11.6 Å². The van der Waals surface area contributed by atoms with Gasteiger partial charge in [-0.05, 0) is 44.2 Å². The third-order valence-electron chi connectivity index (χ3n) is 3.38. The summed E-state index contributed by atoms with van der Waals surface area (Å²) >= 11 is 9.70. The molecule has 3 nitrogen and oxygen atoms in total. The molecule has 0 saturated heterocycles. The topological polar surface area (TPSA) is 38.0 Å². The van der Waals surface area contributed by atoms with Crippen LogP contribution in [0.15, 0.2) is 40.9 Å². The molecule has 0 amide bonds. The third-order valence-corrected chi connectivity index (χ3v) is 4.18. The van der Waals surface area contributed by atoms with Gasteiger partial charge in [0.25, 0.3) is 0 Å². The van der Waals surface area contributed by atoms with E-state index in [0.29, 0.717) is 10.6 Å². The molecule has 0 atom stereocenters. The minimum atomic E-state index is 0.174. The summed E-state index contributed by atoms with van der Waals surface area (Å²) in [5, 5.41) is 10.9. The van der Waals surface area contributed by atoms with Gasteiger partial charge in [0, 0.05) is 10.5 Å². The molecule has 0 aliphatic carbocycles. The highest BCUT2D eigenvalue weighted by atomic mass is 79.9. The average molecular weight is 366 g/mol. The summed E-state index contributed by atoms with van der Waals surface area (Å²) in [4.78, 5) is 4.66. The molecule has 0 spiro atoms. The van der Waals surface area contributed by atoms with E-state index < -0.39 is 0 Å². The summed E-state index contributed by atoms with van der Waals surface area (Å²) in [5.41, 5.74) is 2.42. The van der Waals surface area contributed by atoms with Gasteiger partial charge >= 0.3 is 0 Å². The van der Waals surface area contributed by atoms with Crippen molar-refractivity contribution in [3.05, 3.63) is 45.9 Å². The highest BCUT2D eigenvalue weighted by Crippen LogP contribution is 2.36. The van der Waals surface area contributed by atoms with E-state index in [1.165, 1.54) is 0 Å². The molecule has 1 N–H and O–H groups in total. The number of phenolic OH excluding ortho intramolecular Hbond substituents is 1. The van der Waals surface area contributed by atoms with Crippen molar-refractivity contribution in [2.45, 2.75) is 19.9 Å². The molecule has 2 aromatic carbocycles. The molecule has 0 aliphatic heterocycles. The van der Waals surface area contributed by atoms with E-state index in [0.717, 1.165) is 21.3 Å². The first-order valence-electron chi connectivity index (χ1n) is 6.64. The number of aromatic hydroxyl groups is 1. The Morgan fingerprint density at radius 1 is 1.24 bits per heavy atom. The van der Waals surface area contributed by atoms with E-state index in [2.05, 4.69) is 39.3 Å². The molecule has 3 aromatic rings. The Balaban J connectivity index is 2.37. The first-order valence-corrected chi connectivity index (χ1v) is 7.81. The SMILES string of the molecule is CC(C)n1c(-c2ccc(Br)cc2O)nc2cccc(Cl)c21. The van der Waals surface area contributed by atoms with Crippen LogP contribution in [0.2, 0.25) is 5.02 Å². The molecule has 0 saturated carbocycles. The van der Waals surface area contributed by atoms with E-state index in [1.807, 2.05) is 30.3 Å². The number of para-hydroxylation sites is 1. The molecule has 0 aliphatic rings. The largest absolute Gasteiger partial charge is 0.507 e. The van der Waals surface area contributed by atoms with E-state index in [1.54, 1.807) is 6.07 Å². The van der Waals surface area contributed by atoms with Gasteiger partial charge < -0.3 is 9.67 Å². The van der Waals surface area contributed by atoms with Gasteiger partial charge in [-0.1, -0.05) is 33.6 Å². The fourth-order valence-electron chi connectivity index (χ4n) is 2.49. The number of aromatic nitrogens is 2. The highest BCUT2D eigenvalue weighted by molar-refractivity contribution is 9.10. The second kappa shape index (κ2) is 5.35. The molecule has 5 heteroatoms. The van der Waals surface area contributed by atoms with Crippen LogP contribution in [0.4, 0.5) is 0 Å². The van der Waals surface area contributed by atoms with Crippen LogP contribution in [-0.4, -0.2) is 14.7 Å². The number of fused-ring (bicyclic) bond motifs is 1. The van der Waals surface area contributed by atoms with Crippen molar-refractivity contribution in [2.24, 2.45) is 0 Å². The van der Waals surface area contributed by atoms with Crippen molar-refractivity contribution >= 4 is 38.6 Å². The number of halogens is 2. The summed E-state index contributed by atoms with van der Waals surface area (Å²) in [6.45, 7) is 4.15. The number of hydrogen-bond acceptors (Lipinski definition) is 2. The van der Waals surface area contributed by atoms with Gasteiger partial charge in [0.15, 0.2) is 0 Å². The number of benzene rings is 2. The van der Waals surface area contributed by atoms with Crippen LogP contribution < -0.4 is 0 Å². The maximum atomic E-state index is 10.2. The van der Waals surface area contributed by atoms with Crippen LogP contribution in [0.25, 0.3) is 22.4 Å². The molecule has 108 valence electrons. The second-order valence-corrected chi connectivity index (χ2v) is 6.49. The quantitative estimate of drug-likeness (QED) is 0.659.